The van der Waals surface area contributed by atoms with Crippen molar-refractivity contribution in [1.82, 2.24) is 0 Å². The van der Waals surface area contributed by atoms with Crippen molar-refractivity contribution in [2.75, 3.05) is 13.2 Å². The molecule has 0 amide bonds. The Morgan fingerprint density at radius 1 is 1.29 bits per heavy atom. The van der Waals surface area contributed by atoms with Gasteiger partial charge in [0.25, 0.3) is 0 Å². The number of benzene rings is 1. The highest BCUT2D eigenvalue weighted by molar-refractivity contribution is 9.10. The third-order valence-electron chi connectivity index (χ3n) is 2.52. The summed E-state index contributed by atoms with van der Waals surface area (Å²) in [7, 11) is 0. The zero-order valence-corrected chi connectivity index (χ0v) is 11.8. The topological polar surface area (TPSA) is 44.5 Å². The van der Waals surface area contributed by atoms with E-state index in [0.29, 0.717) is 13.2 Å². The van der Waals surface area contributed by atoms with Gasteiger partial charge in [-0.15, -0.1) is 0 Å². The van der Waals surface area contributed by atoms with Crippen LogP contribution in [0.5, 0.6) is 11.5 Å². The van der Waals surface area contributed by atoms with E-state index in [1.165, 1.54) is 0 Å². The van der Waals surface area contributed by atoms with E-state index in [1.54, 1.807) is 0 Å². The molecule has 0 atom stereocenters. The van der Waals surface area contributed by atoms with Crippen molar-refractivity contribution >= 4 is 15.9 Å². The van der Waals surface area contributed by atoms with E-state index in [0.717, 1.165) is 34.4 Å². The summed E-state index contributed by atoms with van der Waals surface area (Å²) in [5.74, 6) is 1.62. The summed E-state index contributed by atoms with van der Waals surface area (Å²) in [5, 5.41) is 0. The number of rotatable bonds is 2. The quantitative estimate of drug-likeness (QED) is 0.913. The van der Waals surface area contributed by atoms with Crippen molar-refractivity contribution in [1.29, 1.82) is 0 Å². The lowest BCUT2D eigenvalue weighted by Gasteiger charge is -2.20. The van der Waals surface area contributed by atoms with Crippen molar-refractivity contribution in [3.05, 3.63) is 22.2 Å². The Hall–Kier alpha value is -0.740. The van der Waals surface area contributed by atoms with Crippen molar-refractivity contribution in [3.63, 3.8) is 0 Å². The highest BCUT2D eigenvalue weighted by Gasteiger charge is 2.18. The van der Waals surface area contributed by atoms with Crippen LogP contribution in [0.2, 0.25) is 0 Å². The number of nitrogens with two attached hydrogens (primary N) is 1. The van der Waals surface area contributed by atoms with Crippen LogP contribution in [0.1, 0.15) is 25.8 Å². The molecule has 0 radical (unpaired) electrons. The van der Waals surface area contributed by atoms with Crippen LogP contribution in [0.3, 0.4) is 0 Å². The Kier molecular flexibility index (Phi) is 3.64. The predicted octanol–water partition coefficient (Wildman–Crippen LogP) is 2.89. The van der Waals surface area contributed by atoms with Crippen molar-refractivity contribution in [2.24, 2.45) is 5.73 Å². The fourth-order valence-corrected chi connectivity index (χ4v) is 2.52. The van der Waals surface area contributed by atoms with Crippen LogP contribution in [0.4, 0.5) is 0 Å². The van der Waals surface area contributed by atoms with Crippen LogP contribution in [0.15, 0.2) is 16.6 Å². The Morgan fingerprint density at radius 3 is 2.71 bits per heavy atom. The maximum Gasteiger partial charge on any atom is 0.175 e. The van der Waals surface area contributed by atoms with Crippen LogP contribution in [-0.4, -0.2) is 18.8 Å². The standard InChI is InChI=1S/C13H18BrNO2/c1-13(2,15)8-9-6-10(14)12-11(7-9)16-4-3-5-17-12/h6-7H,3-5,8,15H2,1-2H3. The van der Waals surface area contributed by atoms with Crippen LogP contribution < -0.4 is 15.2 Å². The summed E-state index contributed by atoms with van der Waals surface area (Å²) in [6.45, 7) is 5.44. The van der Waals surface area contributed by atoms with Gasteiger partial charge in [-0.25, -0.2) is 0 Å². The summed E-state index contributed by atoms with van der Waals surface area (Å²) in [5.41, 5.74) is 6.97. The molecule has 0 spiro atoms. The third-order valence-corrected chi connectivity index (χ3v) is 3.11. The van der Waals surface area contributed by atoms with Crippen molar-refractivity contribution in [2.45, 2.75) is 32.2 Å². The molecule has 4 heteroatoms. The van der Waals surface area contributed by atoms with Gasteiger partial charge in [0, 0.05) is 12.0 Å². The molecule has 2 rings (SSSR count). The number of hydrogen-bond donors (Lipinski definition) is 1. The molecule has 1 aliphatic heterocycles. The molecular formula is C13H18BrNO2. The fraction of sp³-hybridized carbons (Fsp3) is 0.538. The molecule has 0 saturated carbocycles. The van der Waals surface area contributed by atoms with E-state index in [2.05, 4.69) is 22.0 Å². The number of ether oxygens (including phenoxy) is 2. The van der Waals surface area contributed by atoms with E-state index in [4.69, 9.17) is 15.2 Å². The summed E-state index contributed by atoms with van der Waals surface area (Å²) < 4.78 is 12.3. The molecule has 94 valence electrons. The maximum atomic E-state index is 6.04. The molecule has 0 fully saturated rings. The lowest BCUT2D eigenvalue weighted by Crippen LogP contribution is -2.34. The number of halogens is 1. The minimum Gasteiger partial charge on any atom is -0.490 e. The summed E-state index contributed by atoms with van der Waals surface area (Å²) >= 11 is 3.53. The lowest BCUT2D eigenvalue weighted by atomic mass is 9.96. The predicted molar refractivity (Wildman–Crippen MR) is 71.7 cm³/mol. The van der Waals surface area contributed by atoms with Crippen LogP contribution in [0.25, 0.3) is 0 Å². The van der Waals surface area contributed by atoms with Gasteiger partial charge < -0.3 is 15.2 Å². The first-order valence-electron chi connectivity index (χ1n) is 5.83. The molecule has 1 aromatic carbocycles. The Bertz CT molecular complexity index is 413. The lowest BCUT2D eigenvalue weighted by molar-refractivity contribution is 0.296. The Morgan fingerprint density at radius 2 is 2.00 bits per heavy atom. The van der Waals surface area contributed by atoms with Gasteiger partial charge in [0.15, 0.2) is 11.5 Å². The fourth-order valence-electron chi connectivity index (χ4n) is 1.91. The summed E-state index contributed by atoms with van der Waals surface area (Å²) in [4.78, 5) is 0. The highest BCUT2D eigenvalue weighted by atomic mass is 79.9. The molecule has 0 unspecified atom stereocenters. The normalized spacial score (nSPS) is 15.5. The molecule has 1 aromatic rings. The molecule has 1 heterocycles. The minimum absolute atomic E-state index is 0.223. The number of fused-ring (bicyclic) bond motifs is 1. The van der Waals surface area contributed by atoms with Crippen LogP contribution in [-0.2, 0) is 6.42 Å². The first kappa shape index (κ1) is 12.7. The van der Waals surface area contributed by atoms with E-state index in [-0.39, 0.29) is 5.54 Å². The van der Waals surface area contributed by atoms with E-state index < -0.39 is 0 Å². The molecule has 0 aliphatic carbocycles. The SMILES string of the molecule is CC(C)(N)Cc1cc(Br)c2c(c1)OCCCO2. The molecule has 0 saturated heterocycles. The maximum absolute atomic E-state index is 6.04. The molecule has 2 N–H and O–H groups in total. The van der Waals surface area contributed by atoms with E-state index in [9.17, 15) is 0 Å². The monoisotopic (exact) mass is 299 g/mol. The second kappa shape index (κ2) is 4.86. The van der Waals surface area contributed by atoms with Crippen LogP contribution >= 0.6 is 15.9 Å². The second-order valence-electron chi connectivity index (χ2n) is 5.12. The smallest absolute Gasteiger partial charge is 0.175 e. The Balaban J connectivity index is 2.32. The van der Waals surface area contributed by atoms with Gasteiger partial charge in [-0.3, -0.25) is 0 Å². The van der Waals surface area contributed by atoms with Gasteiger partial charge in [0.1, 0.15) is 0 Å². The second-order valence-corrected chi connectivity index (χ2v) is 5.98. The van der Waals surface area contributed by atoms with E-state index >= 15 is 0 Å². The van der Waals surface area contributed by atoms with Crippen molar-refractivity contribution in [3.8, 4) is 11.5 Å². The zero-order chi connectivity index (χ0) is 12.5. The van der Waals surface area contributed by atoms with Gasteiger partial charge >= 0.3 is 0 Å². The van der Waals surface area contributed by atoms with Gasteiger partial charge in [-0.05, 0) is 53.9 Å². The van der Waals surface area contributed by atoms with Gasteiger partial charge in [0.2, 0.25) is 0 Å². The van der Waals surface area contributed by atoms with Crippen molar-refractivity contribution < 1.29 is 9.47 Å². The van der Waals surface area contributed by atoms with Crippen LogP contribution in [0, 0.1) is 0 Å². The average molecular weight is 300 g/mol. The summed E-state index contributed by atoms with van der Waals surface area (Å²) in [6, 6.07) is 4.09. The minimum atomic E-state index is -0.223. The molecule has 17 heavy (non-hydrogen) atoms. The number of hydrogen-bond acceptors (Lipinski definition) is 3. The van der Waals surface area contributed by atoms with Gasteiger partial charge in [-0.2, -0.15) is 0 Å². The molecule has 0 bridgehead atoms. The molecule has 0 aromatic heterocycles. The first-order chi connectivity index (χ1) is 7.96. The van der Waals surface area contributed by atoms with E-state index in [1.807, 2.05) is 19.9 Å². The largest absolute Gasteiger partial charge is 0.490 e. The van der Waals surface area contributed by atoms with Gasteiger partial charge in [0.05, 0.1) is 17.7 Å². The molecule has 1 aliphatic rings. The first-order valence-corrected chi connectivity index (χ1v) is 6.62. The molecular weight excluding hydrogens is 282 g/mol. The third kappa shape index (κ3) is 3.36. The van der Waals surface area contributed by atoms with Gasteiger partial charge in [-0.1, -0.05) is 0 Å². The average Bonchev–Trinajstić information content (AvgIpc) is 2.40. The Labute approximate surface area is 110 Å². The zero-order valence-electron chi connectivity index (χ0n) is 10.3. The molecule has 3 nitrogen and oxygen atoms in total. The summed E-state index contributed by atoms with van der Waals surface area (Å²) in [6.07, 6.45) is 1.72. The highest BCUT2D eigenvalue weighted by Crippen LogP contribution is 2.38.